The number of fused-ring (bicyclic) bond motifs is 1. The maximum absolute atomic E-state index is 11.4. The molecule has 0 radical (unpaired) electrons. The van der Waals surface area contributed by atoms with Crippen LogP contribution in [-0.2, 0) is 17.8 Å². The van der Waals surface area contributed by atoms with Crippen LogP contribution in [0.15, 0.2) is 16.6 Å². The van der Waals surface area contributed by atoms with Crippen molar-refractivity contribution in [3.05, 3.63) is 27.7 Å². The van der Waals surface area contributed by atoms with Crippen molar-refractivity contribution in [2.75, 3.05) is 11.9 Å². The maximum atomic E-state index is 11.4. The Hall–Kier alpha value is -1.38. The molecule has 1 aliphatic rings. The smallest absolute Gasteiger partial charge is 0.238 e. The van der Waals surface area contributed by atoms with Gasteiger partial charge in [0.1, 0.15) is 6.42 Å². The Kier molecular flexibility index (Phi) is 3.77. The number of anilines is 1. The number of carbonyl (C=O) groups is 1. The highest BCUT2D eigenvalue weighted by molar-refractivity contribution is 9.10. The van der Waals surface area contributed by atoms with E-state index in [1.807, 2.05) is 18.2 Å². The van der Waals surface area contributed by atoms with Crippen LogP contribution in [0.4, 0.5) is 5.69 Å². The summed E-state index contributed by atoms with van der Waals surface area (Å²) in [6.07, 6.45) is 0.830. The third-order valence-electron chi connectivity index (χ3n) is 2.74. The first-order valence-electron chi connectivity index (χ1n) is 5.40. The van der Waals surface area contributed by atoms with Crippen LogP contribution in [0, 0.1) is 11.3 Å². The van der Waals surface area contributed by atoms with Gasteiger partial charge < -0.3 is 10.6 Å². The minimum atomic E-state index is -0.261. The quantitative estimate of drug-likeness (QED) is 0.876. The molecule has 1 aromatic carbocycles. The summed E-state index contributed by atoms with van der Waals surface area (Å²) < 4.78 is 1.08. The maximum Gasteiger partial charge on any atom is 0.238 e. The molecule has 1 heterocycles. The Balaban J connectivity index is 2.29. The van der Waals surface area contributed by atoms with E-state index in [4.69, 9.17) is 5.26 Å². The SMILES string of the molecule is N#CCC(=O)Nc1ccc(Br)c2c1CNCC2. The molecule has 0 aromatic heterocycles. The molecule has 0 aliphatic carbocycles. The molecule has 2 rings (SSSR count). The molecule has 0 bridgehead atoms. The van der Waals surface area contributed by atoms with Crippen molar-refractivity contribution < 1.29 is 4.79 Å². The molecule has 0 saturated carbocycles. The van der Waals surface area contributed by atoms with Crippen molar-refractivity contribution in [1.82, 2.24) is 5.32 Å². The molecule has 0 atom stereocenters. The van der Waals surface area contributed by atoms with Gasteiger partial charge >= 0.3 is 0 Å². The van der Waals surface area contributed by atoms with Gasteiger partial charge in [0, 0.05) is 16.7 Å². The number of hydrogen-bond acceptors (Lipinski definition) is 3. The van der Waals surface area contributed by atoms with E-state index in [1.165, 1.54) is 5.56 Å². The number of amides is 1. The second kappa shape index (κ2) is 5.30. The van der Waals surface area contributed by atoms with Gasteiger partial charge in [-0.3, -0.25) is 4.79 Å². The van der Waals surface area contributed by atoms with E-state index in [1.54, 1.807) is 0 Å². The average molecular weight is 294 g/mol. The lowest BCUT2D eigenvalue weighted by molar-refractivity contribution is -0.115. The summed E-state index contributed by atoms with van der Waals surface area (Å²) in [5, 5.41) is 14.5. The summed E-state index contributed by atoms with van der Waals surface area (Å²) in [6, 6.07) is 5.65. The predicted octanol–water partition coefficient (Wildman–Crippen LogP) is 1.95. The predicted molar refractivity (Wildman–Crippen MR) is 68.4 cm³/mol. The monoisotopic (exact) mass is 293 g/mol. The number of halogens is 1. The number of rotatable bonds is 2. The highest BCUT2D eigenvalue weighted by Crippen LogP contribution is 2.29. The van der Waals surface area contributed by atoms with Gasteiger partial charge in [0.25, 0.3) is 0 Å². The molecular formula is C12H12BrN3O. The van der Waals surface area contributed by atoms with Gasteiger partial charge in [-0.2, -0.15) is 5.26 Å². The van der Waals surface area contributed by atoms with Gasteiger partial charge in [-0.05, 0) is 36.2 Å². The van der Waals surface area contributed by atoms with Gasteiger partial charge in [-0.25, -0.2) is 0 Å². The zero-order valence-electron chi connectivity index (χ0n) is 9.22. The normalized spacial score (nSPS) is 13.6. The minimum Gasteiger partial charge on any atom is -0.325 e. The highest BCUT2D eigenvalue weighted by Gasteiger charge is 2.16. The lowest BCUT2D eigenvalue weighted by Crippen LogP contribution is -2.25. The van der Waals surface area contributed by atoms with Gasteiger partial charge in [-0.1, -0.05) is 15.9 Å². The molecule has 1 aliphatic heterocycles. The molecule has 4 nitrogen and oxygen atoms in total. The van der Waals surface area contributed by atoms with Crippen LogP contribution in [0.2, 0.25) is 0 Å². The van der Waals surface area contributed by atoms with Crippen molar-refractivity contribution in [3.8, 4) is 6.07 Å². The van der Waals surface area contributed by atoms with Crippen LogP contribution in [0.5, 0.6) is 0 Å². The molecule has 88 valence electrons. The second-order valence-electron chi connectivity index (χ2n) is 3.86. The highest BCUT2D eigenvalue weighted by atomic mass is 79.9. The van der Waals surface area contributed by atoms with Crippen LogP contribution in [0.1, 0.15) is 17.5 Å². The van der Waals surface area contributed by atoms with Crippen LogP contribution in [0.3, 0.4) is 0 Å². The van der Waals surface area contributed by atoms with E-state index in [0.29, 0.717) is 0 Å². The third-order valence-corrected chi connectivity index (χ3v) is 3.48. The zero-order valence-corrected chi connectivity index (χ0v) is 10.8. The molecule has 1 amide bonds. The van der Waals surface area contributed by atoms with E-state index in [-0.39, 0.29) is 12.3 Å². The van der Waals surface area contributed by atoms with Crippen LogP contribution in [-0.4, -0.2) is 12.5 Å². The Morgan fingerprint density at radius 2 is 2.35 bits per heavy atom. The lowest BCUT2D eigenvalue weighted by atomic mass is 9.99. The van der Waals surface area contributed by atoms with Gasteiger partial charge in [0.15, 0.2) is 0 Å². The van der Waals surface area contributed by atoms with E-state index in [2.05, 4.69) is 26.6 Å². The Morgan fingerprint density at radius 3 is 3.12 bits per heavy atom. The number of nitrogens with one attached hydrogen (secondary N) is 2. The van der Waals surface area contributed by atoms with Crippen LogP contribution in [0.25, 0.3) is 0 Å². The summed E-state index contributed by atoms with van der Waals surface area (Å²) in [5.74, 6) is -0.261. The zero-order chi connectivity index (χ0) is 12.3. The fraction of sp³-hybridized carbons (Fsp3) is 0.333. The van der Waals surface area contributed by atoms with Gasteiger partial charge in [-0.15, -0.1) is 0 Å². The minimum absolute atomic E-state index is 0.113. The number of nitriles is 1. The molecule has 1 aromatic rings. The average Bonchev–Trinajstić information content (AvgIpc) is 2.34. The second-order valence-corrected chi connectivity index (χ2v) is 4.72. The van der Waals surface area contributed by atoms with Crippen molar-refractivity contribution in [2.24, 2.45) is 0 Å². The largest absolute Gasteiger partial charge is 0.325 e. The molecule has 17 heavy (non-hydrogen) atoms. The molecule has 5 heteroatoms. The summed E-state index contributed by atoms with van der Waals surface area (Å²) in [4.78, 5) is 11.4. The topological polar surface area (TPSA) is 64.9 Å². The lowest BCUT2D eigenvalue weighted by Gasteiger charge is -2.21. The fourth-order valence-corrected chi connectivity index (χ4v) is 2.52. The van der Waals surface area contributed by atoms with Crippen molar-refractivity contribution in [3.63, 3.8) is 0 Å². The number of nitrogens with zero attached hydrogens (tertiary/aromatic N) is 1. The summed E-state index contributed by atoms with van der Waals surface area (Å²) in [5.41, 5.74) is 3.14. The van der Waals surface area contributed by atoms with Crippen LogP contribution < -0.4 is 10.6 Å². The molecular weight excluding hydrogens is 282 g/mol. The molecule has 0 saturated heterocycles. The first-order chi connectivity index (χ1) is 8.22. The standard InChI is InChI=1S/C12H12BrN3O/c13-10-1-2-11(16-12(17)3-5-14)9-7-15-6-4-8(9)10/h1-2,15H,3-4,6-7H2,(H,16,17). The fourth-order valence-electron chi connectivity index (χ4n) is 1.95. The van der Waals surface area contributed by atoms with Crippen molar-refractivity contribution in [1.29, 1.82) is 5.26 Å². The van der Waals surface area contributed by atoms with E-state index < -0.39 is 0 Å². The number of hydrogen-bond donors (Lipinski definition) is 2. The number of benzene rings is 1. The Bertz CT molecular complexity index is 493. The van der Waals surface area contributed by atoms with Crippen molar-refractivity contribution >= 4 is 27.5 Å². The van der Waals surface area contributed by atoms with Crippen LogP contribution >= 0.6 is 15.9 Å². The third kappa shape index (κ3) is 2.65. The molecule has 0 fully saturated rings. The Morgan fingerprint density at radius 1 is 1.53 bits per heavy atom. The summed E-state index contributed by atoms with van der Waals surface area (Å²) >= 11 is 3.52. The van der Waals surface area contributed by atoms with E-state index in [0.717, 1.165) is 35.2 Å². The first-order valence-corrected chi connectivity index (χ1v) is 6.19. The van der Waals surface area contributed by atoms with E-state index >= 15 is 0 Å². The molecule has 0 spiro atoms. The summed E-state index contributed by atoms with van der Waals surface area (Å²) in [6.45, 7) is 1.69. The van der Waals surface area contributed by atoms with Gasteiger partial charge in [0.2, 0.25) is 5.91 Å². The first kappa shape index (κ1) is 12.1. The molecule has 2 N–H and O–H groups in total. The van der Waals surface area contributed by atoms with Crippen molar-refractivity contribution in [2.45, 2.75) is 19.4 Å². The Labute approximate surface area is 108 Å². The number of carbonyl (C=O) groups excluding carboxylic acids is 1. The van der Waals surface area contributed by atoms with Gasteiger partial charge in [0.05, 0.1) is 6.07 Å². The molecule has 0 unspecified atom stereocenters. The van der Waals surface area contributed by atoms with E-state index in [9.17, 15) is 4.79 Å². The summed E-state index contributed by atoms with van der Waals surface area (Å²) in [7, 11) is 0.